The lowest BCUT2D eigenvalue weighted by Crippen LogP contribution is -2.14. The molecule has 1 atom stereocenters. The van der Waals surface area contributed by atoms with Crippen LogP contribution in [0.25, 0.3) is 0 Å². The van der Waals surface area contributed by atoms with Crippen LogP contribution in [-0.4, -0.2) is 17.0 Å². The van der Waals surface area contributed by atoms with Gasteiger partial charge in [-0.05, 0) is 35.9 Å². The second-order valence-corrected chi connectivity index (χ2v) is 6.34. The molecule has 0 heterocycles. The van der Waals surface area contributed by atoms with Gasteiger partial charge in [-0.25, -0.2) is 8.78 Å². The van der Waals surface area contributed by atoms with Crippen LogP contribution < -0.4 is 0 Å². The maximum atomic E-state index is 13.5. The zero-order valence-corrected chi connectivity index (χ0v) is 12.9. The third kappa shape index (κ3) is 4.30. The first kappa shape index (κ1) is 15.5. The molecule has 0 radical (unpaired) electrons. The lowest BCUT2D eigenvalue weighted by atomic mass is 10.1. The fourth-order valence-electron chi connectivity index (χ4n) is 1.74. The lowest BCUT2D eigenvalue weighted by Gasteiger charge is -2.11. The SMILES string of the molecule is OC(CSc1ccc(Br)cc1)Cc1cccc(F)c1F. The largest absolute Gasteiger partial charge is 0.392 e. The van der Waals surface area contributed by atoms with Gasteiger partial charge in [0.05, 0.1) is 6.10 Å². The Hall–Kier alpha value is -0.910. The van der Waals surface area contributed by atoms with E-state index in [0.29, 0.717) is 5.75 Å². The van der Waals surface area contributed by atoms with Gasteiger partial charge in [-0.15, -0.1) is 11.8 Å². The van der Waals surface area contributed by atoms with E-state index in [0.717, 1.165) is 15.4 Å². The molecule has 0 saturated heterocycles. The molecule has 0 aromatic heterocycles. The smallest absolute Gasteiger partial charge is 0.162 e. The minimum Gasteiger partial charge on any atom is -0.392 e. The molecule has 0 bridgehead atoms. The predicted molar refractivity (Wildman–Crippen MR) is 80.9 cm³/mol. The Morgan fingerprint density at radius 2 is 1.80 bits per heavy atom. The summed E-state index contributed by atoms with van der Waals surface area (Å²) < 4.78 is 27.5. The molecule has 0 aliphatic heterocycles. The molecular formula is C15H13BrF2OS. The van der Waals surface area contributed by atoms with Crippen molar-refractivity contribution in [3.8, 4) is 0 Å². The zero-order valence-electron chi connectivity index (χ0n) is 10.5. The summed E-state index contributed by atoms with van der Waals surface area (Å²) in [5.74, 6) is -1.33. The van der Waals surface area contributed by atoms with E-state index in [1.54, 1.807) is 0 Å². The highest BCUT2D eigenvalue weighted by atomic mass is 79.9. The minimum atomic E-state index is -0.879. The summed E-state index contributed by atoms with van der Waals surface area (Å²) in [6.45, 7) is 0. The molecule has 1 nitrogen and oxygen atoms in total. The predicted octanol–water partition coefficient (Wildman–Crippen LogP) is 4.42. The minimum absolute atomic E-state index is 0.104. The van der Waals surface area contributed by atoms with E-state index in [1.165, 1.54) is 23.9 Å². The summed E-state index contributed by atoms with van der Waals surface area (Å²) in [4.78, 5) is 1.02. The van der Waals surface area contributed by atoms with E-state index < -0.39 is 17.7 Å². The summed E-state index contributed by atoms with van der Waals surface area (Å²) >= 11 is 4.83. The second-order valence-electron chi connectivity index (χ2n) is 4.34. The topological polar surface area (TPSA) is 20.2 Å². The number of halogens is 3. The first-order valence-corrected chi connectivity index (χ1v) is 7.83. The van der Waals surface area contributed by atoms with Crippen LogP contribution in [-0.2, 0) is 6.42 Å². The van der Waals surface area contributed by atoms with Crippen molar-refractivity contribution in [2.24, 2.45) is 0 Å². The van der Waals surface area contributed by atoms with Gasteiger partial charge in [-0.2, -0.15) is 0 Å². The van der Waals surface area contributed by atoms with Crippen molar-refractivity contribution >= 4 is 27.7 Å². The summed E-state index contributed by atoms with van der Waals surface area (Å²) in [6.07, 6.45) is -0.618. The molecule has 5 heteroatoms. The first-order valence-electron chi connectivity index (χ1n) is 6.05. The van der Waals surface area contributed by atoms with Crippen molar-refractivity contribution in [1.82, 2.24) is 0 Å². The van der Waals surface area contributed by atoms with Gasteiger partial charge < -0.3 is 5.11 Å². The van der Waals surface area contributed by atoms with Crippen molar-refractivity contribution in [1.29, 1.82) is 0 Å². The van der Waals surface area contributed by atoms with E-state index in [-0.39, 0.29) is 12.0 Å². The highest BCUT2D eigenvalue weighted by molar-refractivity contribution is 9.10. The number of hydrogen-bond acceptors (Lipinski definition) is 2. The number of hydrogen-bond donors (Lipinski definition) is 1. The van der Waals surface area contributed by atoms with Gasteiger partial charge in [-0.3, -0.25) is 0 Å². The van der Waals surface area contributed by atoms with Gasteiger partial charge in [-0.1, -0.05) is 28.1 Å². The Bertz CT molecular complexity index is 575. The number of aliphatic hydroxyl groups is 1. The van der Waals surface area contributed by atoms with Crippen LogP contribution >= 0.6 is 27.7 Å². The molecule has 0 fully saturated rings. The van der Waals surface area contributed by atoms with Crippen molar-refractivity contribution in [3.05, 3.63) is 64.1 Å². The molecule has 0 aliphatic rings. The number of thioether (sulfide) groups is 1. The fraction of sp³-hybridized carbons (Fsp3) is 0.200. The number of rotatable bonds is 5. The van der Waals surface area contributed by atoms with E-state index >= 15 is 0 Å². The van der Waals surface area contributed by atoms with Gasteiger partial charge >= 0.3 is 0 Å². The standard InChI is InChI=1S/C15H13BrF2OS/c16-11-4-6-13(7-5-11)20-9-12(19)8-10-2-1-3-14(17)15(10)18/h1-7,12,19H,8-9H2. The molecule has 2 aromatic carbocycles. The van der Waals surface area contributed by atoms with Crippen LogP contribution in [0.3, 0.4) is 0 Å². The van der Waals surface area contributed by atoms with Gasteiger partial charge in [0.15, 0.2) is 11.6 Å². The maximum absolute atomic E-state index is 13.5. The molecule has 1 unspecified atom stereocenters. The number of benzene rings is 2. The molecule has 2 rings (SSSR count). The molecule has 0 spiro atoms. The lowest BCUT2D eigenvalue weighted by molar-refractivity contribution is 0.198. The van der Waals surface area contributed by atoms with Crippen LogP contribution in [0.5, 0.6) is 0 Å². The van der Waals surface area contributed by atoms with Crippen molar-refractivity contribution in [2.45, 2.75) is 17.4 Å². The Morgan fingerprint density at radius 3 is 2.50 bits per heavy atom. The second kappa shape index (κ2) is 7.20. The molecule has 20 heavy (non-hydrogen) atoms. The van der Waals surface area contributed by atoms with Crippen LogP contribution in [0, 0.1) is 11.6 Å². The Kier molecular flexibility index (Phi) is 5.57. The Morgan fingerprint density at radius 1 is 1.10 bits per heavy atom. The molecule has 0 saturated carbocycles. The quantitative estimate of drug-likeness (QED) is 0.798. The van der Waals surface area contributed by atoms with Crippen molar-refractivity contribution in [3.63, 3.8) is 0 Å². The van der Waals surface area contributed by atoms with E-state index in [9.17, 15) is 13.9 Å². The van der Waals surface area contributed by atoms with E-state index in [4.69, 9.17) is 0 Å². The highest BCUT2D eigenvalue weighted by Crippen LogP contribution is 2.22. The van der Waals surface area contributed by atoms with Gasteiger partial charge in [0.2, 0.25) is 0 Å². The molecule has 0 aliphatic carbocycles. The van der Waals surface area contributed by atoms with Crippen molar-refractivity contribution in [2.75, 3.05) is 5.75 Å². The summed E-state index contributed by atoms with van der Waals surface area (Å²) in [5.41, 5.74) is 0.203. The summed E-state index contributed by atoms with van der Waals surface area (Å²) in [7, 11) is 0. The molecular weight excluding hydrogens is 346 g/mol. The van der Waals surface area contributed by atoms with E-state index in [1.807, 2.05) is 24.3 Å². The Balaban J connectivity index is 1.91. The monoisotopic (exact) mass is 358 g/mol. The normalized spacial score (nSPS) is 12.4. The molecule has 106 valence electrons. The first-order chi connectivity index (χ1) is 9.56. The molecule has 2 aromatic rings. The van der Waals surface area contributed by atoms with Crippen LogP contribution in [0.15, 0.2) is 51.8 Å². The van der Waals surface area contributed by atoms with E-state index in [2.05, 4.69) is 15.9 Å². The average molecular weight is 359 g/mol. The van der Waals surface area contributed by atoms with Crippen LogP contribution in [0.4, 0.5) is 8.78 Å². The summed E-state index contributed by atoms with van der Waals surface area (Å²) in [6, 6.07) is 11.7. The molecule has 1 N–H and O–H groups in total. The van der Waals surface area contributed by atoms with Crippen molar-refractivity contribution < 1.29 is 13.9 Å². The number of aliphatic hydroxyl groups excluding tert-OH is 1. The summed E-state index contributed by atoms with van der Waals surface area (Å²) in [5, 5.41) is 9.91. The van der Waals surface area contributed by atoms with Gasteiger partial charge in [0.25, 0.3) is 0 Å². The fourth-order valence-corrected chi connectivity index (χ4v) is 2.84. The zero-order chi connectivity index (χ0) is 14.5. The third-order valence-electron chi connectivity index (χ3n) is 2.74. The van der Waals surface area contributed by atoms with Crippen LogP contribution in [0.2, 0.25) is 0 Å². The maximum Gasteiger partial charge on any atom is 0.162 e. The highest BCUT2D eigenvalue weighted by Gasteiger charge is 2.12. The molecule has 0 amide bonds. The average Bonchev–Trinajstić information content (AvgIpc) is 2.43. The van der Waals surface area contributed by atoms with Crippen LogP contribution in [0.1, 0.15) is 5.56 Å². The van der Waals surface area contributed by atoms with Gasteiger partial charge in [0, 0.05) is 21.5 Å². The van der Waals surface area contributed by atoms with Gasteiger partial charge in [0.1, 0.15) is 0 Å². The third-order valence-corrected chi connectivity index (χ3v) is 4.43. The Labute approximate surface area is 129 Å².